The Balaban J connectivity index is 1.59. The van der Waals surface area contributed by atoms with Crippen LogP contribution in [0.4, 0.5) is 0 Å². The summed E-state index contributed by atoms with van der Waals surface area (Å²) in [5.41, 5.74) is 2.21. The monoisotopic (exact) mass is 370 g/mol. The number of carbonyl (C=O) groups is 1. The lowest BCUT2D eigenvalue weighted by Crippen LogP contribution is -2.64. The van der Waals surface area contributed by atoms with Gasteiger partial charge >= 0.3 is 0 Å². The number of aliphatic hydroxyl groups is 1. The molecule has 3 rings (SSSR count). The number of aliphatic hydroxyl groups excluding tert-OH is 1. The van der Waals surface area contributed by atoms with Crippen molar-refractivity contribution in [2.75, 3.05) is 26.9 Å². The molecule has 1 aromatic rings. The van der Waals surface area contributed by atoms with Gasteiger partial charge in [0.25, 0.3) is 0 Å². The minimum atomic E-state index is -0.126. The van der Waals surface area contributed by atoms with Gasteiger partial charge in [-0.05, 0) is 30.5 Å². The molecule has 1 heterocycles. The standard InChI is InChI=1S/C22H30N2O3/c1-27-15-21(26)23-13-19-22(20(14-25)24-19)18-11-9-17(10-12-18)8-7-16-5-3-2-4-6-16/h9-12,16,19-20,22,24-25H,2-6,13-15H2,1H3,(H,23,26)/t19-,20-,22-/m1/s1. The Hall–Kier alpha value is -1.87. The van der Waals surface area contributed by atoms with Crippen molar-refractivity contribution in [1.82, 2.24) is 10.6 Å². The molecule has 1 aromatic carbocycles. The Morgan fingerprint density at radius 1 is 1.22 bits per heavy atom. The average Bonchev–Trinajstić information content (AvgIpc) is 2.68. The number of hydrogen-bond acceptors (Lipinski definition) is 4. The second-order valence-corrected chi connectivity index (χ2v) is 7.55. The molecular formula is C22H30N2O3. The van der Waals surface area contributed by atoms with Crippen LogP contribution >= 0.6 is 0 Å². The number of rotatable bonds is 6. The lowest BCUT2D eigenvalue weighted by atomic mass is 9.77. The summed E-state index contributed by atoms with van der Waals surface area (Å²) in [4.78, 5) is 11.6. The average molecular weight is 370 g/mol. The second-order valence-electron chi connectivity index (χ2n) is 7.55. The van der Waals surface area contributed by atoms with Gasteiger partial charge in [-0.1, -0.05) is 43.2 Å². The molecule has 1 aliphatic carbocycles. The number of benzene rings is 1. The molecular weight excluding hydrogens is 340 g/mol. The highest BCUT2D eigenvalue weighted by Gasteiger charge is 2.40. The highest BCUT2D eigenvalue weighted by molar-refractivity contribution is 5.77. The summed E-state index contributed by atoms with van der Waals surface area (Å²) in [7, 11) is 1.50. The van der Waals surface area contributed by atoms with Crippen LogP contribution in [-0.4, -0.2) is 50.0 Å². The molecule has 3 N–H and O–H groups in total. The fourth-order valence-corrected chi connectivity index (χ4v) is 4.09. The summed E-state index contributed by atoms with van der Waals surface area (Å²) in [5, 5.41) is 15.8. The molecule has 2 aliphatic rings. The van der Waals surface area contributed by atoms with Crippen molar-refractivity contribution in [3.05, 3.63) is 35.4 Å². The van der Waals surface area contributed by atoms with Crippen LogP contribution in [0, 0.1) is 17.8 Å². The first kappa shape index (κ1) is 19.9. The molecule has 5 nitrogen and oxygen atoms in total. The van der Waals surface area contributed by atoms with Gasteiger partial charge in [-0.15, -0.1) is 0 Å². The molecule has 1 aliphatic heterocycles. The summed E-state index contributed by atoms with van der Waals surface area (Å²) >= 11 is 0. The molecule has 146 valence electrons. The quantitative estimate of drug-likeness (QED) is 0.668. The van der Waals surface area contributed by atoms with Gasteiger partial charge in [-0.25, -0.2) is 0 Å². The van der Waals surface area contributed by atoms with Gasteiger partial charge in [0.1, 0.15) is 6.61 Å². The SMILES string of the molecule is COCC(=O)NC[C@H]1N[C@H](CO)[C@@H]1c1ccc(C#CC2CCCCC2)cc1. The third-order valence-corrected chi connectivity index (χ3v) is 5.61. The fraction of sp³-hybridized carbons (Fsp3) is 0.591. The van der Waals surface area contributed by atoms with E-state index in [1.54, 1.807) is 0 Å². The molecule has 0 radical (unpaired) electrons. The Morgan fingerprint density at radius 2 is 1.96 bits per heavy atom. The maximum Gasteiger partial charge on any atom is 0.246 e. The van der Waals surface area contributed by atoms with Crippen molar-refractivity contribution in [2.24, 2.45) is 5.92 Å². The van der Waals surface area contributed by atoms with E-state index in [9.17, 15) is 9.90 Å². The van der Waals surface area contributed by atoms with Gasteiger partial charge < -0.3 is 20.5 Å². The molecule has 0 unspecified atom stereocenters. The van der Waals surface area contributed by atoms with Crippen molar-refractivity contribution in [3.8, 4) is 11.8 Å². The number of hydrogen-bond donors (Lipinski definition) is 3. The van der Waals surface area contributed by atoms with E-state index in [1.165, 1.54) is 44.8 Å². The molecule has 2 fully saturated rings. The first-order chi connectivity index (χ1) is 13.2. The maximum absolute atomic E-state index is 11.6. The molecule has 3 atom stereocenters. The topological polar surface area (TPSA) is 70.6 Å². The van der Waals surface area contributed by atoms with E-state index in [0.717, 1.165) is 5.56 Å². The van der Waals surface area contributed by atoms with Gasteiger partial charge in [0.05, 0.1) is 6.61 Å². The predicted molar refractivity (Wildman–Crippen MR) is 105 cm³/mol. The molecule has 27 heavy (non-hydrogen) atoms. The Morgan fingerprint density at radius 3 is 2.63 bits per heavy atom. The van der Waals surface area contributed by atoms with Crippen molar-refractivity contribution in [1.29, 1.82) is 0 Å². The van der Waals surface area contributed by atoms with Crippen molar-refractivity contribution >= 4 is 5.91 Å². The number of nitrogens with one attached hydrogen (secondary N) is 2. The first-order valence-electron chi connectivity index (χ1n) is 9.95. The van der Waals surface area contributed by atoms with Gasteiger partial charge in [0, 0.05) is 43.1 Å². The summed E-state index contributed by atoms with van der Waals surface area (Å²) in [6, 6.07) is 8.47. The molecule has 1 saturated carbocycles. The molecule has 0 aromatic heterocycles. The highest BCUT2D eigenvalue weighted by atomic mass is 16.5. The molecule has 1 saturated heterocycles. The van der Waals surface area contributed by atoms with E-state index in [1.807, 2.05) is 0 Å². The van der Waals surface area contributed by atoms with Crippen molar-refractivity contribution in [2.45, 2.75) is 50.1 Å². The van der Waals surface area contributed by atoms with Gasteiger partial charge in [0.15, 0.2) is 0 Å². The Kier molecular flexibility index (Phi) is 7.28. The van der Waals surface area contributed by atoms with Gasteiger partial charge in [0.2, 0.25) is 5.91 Å². The molecule has 0 bridgehead atoms. The molecule has 5 heteroatoms. The van der Waals surface area contributed by atoms with Crippen LogP contribution < -0.4 is 10.6 Å². The van der Waals surface area contributed by atoms with Crippen molar-refractivity contribution in [3.63, 3.8) is 0 Å². The summed E-state index contributed by atoms with van der Waals surface area (Å²) in [6.45, 7) is 0.665. The van der Waals surface area contributed by atoms with Crippen LogP contribution in [0.25, 0.3) is 0 Å². The summed E-state index contributed by atoms with van der Waals surface area (Å²) in [6.07, 6.45) is 6.41. The summed E-state index contributed by atoms with van der Waals surface area (Å²) in [5.74, 6) is 7.35. The van der Waals surface area contributed by atoms with Crippen LogP contribution in [0.15, 0.2) is 24.3 Å². The van der Waals surface area contributed by atoms with E-state index in [0.29, 0.717) is 12.5 Å². The normalized spacial score (nSPS) is 25.2. The van der Waals surface area contributed by atoms with E-state index in [-0.39, 0.29) is 37.1 Å². The molecule has 1 amide bonds. The third-order valence-electron chi connectivity index (χ3n) is 5.61. The zero-order valence-electron chi connectivity index (χ0n) is 16.0. The zero-order valence-corrected chi connectivity index (χ0v) is 16.0. The third kappa shape index (κ3) is 5.32. The highest BCUT2D eigenvalue weighted by Crippen LogP contribution is 2.32. The predicted octanol–water partition coefficient (Wildman–Crippen LogP) is 1.80. The number of amides is 1. The van der Waals surface area contributed by atoms with Crippen LogP contribution in [0.3, 0.4) is 0 Å². The van der Waals surface area contributed by atoms with Crippen LogP contribution in [-0.2, 0) is 9.53 Å². The largest absolute Gasteiger partial charge is 0.395 e. The van der Waals surface area contributed by atoms with Crippen LogP contribution in [0.1, 0.15) is 49.1 Å². The van der Waals surface area contributed by atoms with Gasteiger partial charge in [-0.2, -0.15) is 0 Å². The Labute approximate surface area is 161 Å². The lowest BCUT2D eigenvalue weighted by Gasteiger charge is -2.46. The smallest absolute Gasteiger partial charge is 0.246 e. The van der Waals surface area contributed by atoms with Crippen LogP contribution in [0.5, 0.6) is 0 Å². The zero-order chi connectivity index (χ0) is 19.1. The van der Waals surface area contributed by atoms with Gasteiger partial charge in [-0.3, -0.25) is 4.79 Å². The Bertz CT molecular complexity index is 671. The number of methoxy groups -OCH3 is 1. The van der Waals surface area contributed by atoms with E-state index < -0.39 is 0 Å². The fourth-order valence-electron chi connectivity index (χ4n) is 4.09. The minimum Gasteiger partial charge on any atom is -0.395 e. The number of carbonyl (C=O) groups excluding carboxylic acids is 1. The first-order valence-corrected chi connectivity index (χ1v) is 9.95. The van der Waals surface area contributed by atoms with Crippen molar-refractivity contribution < 1.29 is 14.6 Å². The summed E-state index contributed by atoms with van der Waals surface area (Å²) < 4.78 is 4.84. The van der Waals surface area contributed by atoms with Crippen LogP contribution in [0.2, 0.25) is 0 Å². The molecule has 0 spiro atoms. The van der Waals surface area contributed by atoms with E-state index in [2.05, 4.69) is 46.7 Å². The lowest BCUT2D eigenvalue weighted by molar-refractivity contribution is -0.125. The maximum atomic E-state index is 11.6. The van der Waals surface area contributed by atoms with E-state index >= 15 is 0 Å². The number of ether oxygens (including phenoxy) is 1. The van der Waals surface area contributed by atoms with E-state index in [4.69, 9.17) is 4.74 Å². The second kappa shape index (κ2) is 9.89. The minimum absolute atomic E-state index is 0.0218.